The van der Waals surface area contributed by atoms with Crippen LogP contribution >= 0.6 is 0 Å². The average Bonchev–Trinajstić information content (AvgIpc) is 2.77. The number of nitrogens with one attached hydrogen (secondary N) is 1. The topological polar surface area (TPSA) is 88.3 Å². The molecule has 0 aliphatic carbocycles. The molecule has 5 rings (SSSR count). The normalized spacial score (nSPS) is 16.6. The predicted molar refractivity (Wildman–Crippen MR) is 121 cm³/mol. The van der Waals surface area contributed by atoms with Crippen LogP contribution in [-0.2, 0) is 16.9 Å². The molecule has 0 atom stereocenters. The summed E-state index contributed by atoms with van der Waals surface area (Å²) in [6.07, 6.45) is 0.698. The minimum atomic E-state index is -1.59. The number of hydrogen-bond acceptors (Lipinski definition) is 4. The predicted octanol–water partition coefficient (Wildman–Crippen LogP) is 3.45. The summed E-state index contributed by atoms with van der Waals surface area (Å²) in [4.78, 5) is 28.7. The van der Waals surface area contributed by atoms with E-state index in [0.717, 1.165) is 11.1 Å². The van der Waals surface area contributed by atoms with Gasteiger partial charge in [-0.25, -0.2) is 9.37 Å². The minimum absolute atomic E-state index is 0.0139. The molecule has 33 heavy (non-hydrogen) atoms. The van der Waals surface area contributed by atoms with Crippen molar-refractivity contribution in [1.29, 1.82) is 0 Å². The summed E-state index contributed by atoms with van der Waals surface area (Å²) in [5.74, 6) is -0.945. The van der Waals surface area contributed by atoms with Crippen molar-refractivity contribution in [3.8, 4) is 22.3 Å². The van der Waals surface area contributed by atoms with E-state index in [4.69, 9.17) is 5.73 Å². The molecule has 2 aliphatic rings. The molecule has 3 N–H and O–H groups in total. The van der Waals surface area contributed by atoms with Gasteiger partial charge in [-0.05, 0) is 40.8 Å². The number of fused-ring (bicyclic) bond motifs is 1. The second kappa shape index (κ2) is 7.65. The van der Waals surface area contributed by atoms with E-state index in [0.29, 0.717) is 35.2 Å². The first-order valence-corrected chi connectivity index (χ1v) is 10.7. The van der Waals surface area contributed by atoms with E-state index in [-0.39, 0.29) is 36.3 Å². The van der Waals surface area contributed by atoms with E-state index in [1.807, 2.05) is 6.07 Å². The van der Waals surface area contributed by atoms with E-state index in [9.17, 15) is 14.0 Å². The average molecular weight is 448 g/mol. The highest BCUT2D eigenvalue weighted by atomic mass is 19.1. The molecule has 168 valence electrons. The van der Waals surface area contributed by atoms with Crippen molar-refractivity contribution in [2.24, 2.45) is 0 Å². The Labute approximate surface area is 189 Å². The van der Waals surface area contributed by atoms with E-state index < -0.39 is 11.6 Å². The number of hydrogen-bond donors (Lipinski definition) is 2. The number of nitrogens with zero attached hydrogens (tertiary/aromatic N) is 2. The Hall–Kier alpha value is -3.81. The van der Waals surface area contributed by atoms with Crippen molar-refractivity contribution in [2.75, 3.05) is 25.4 Å². The van der Waals surface area contributed by atoms with Gasteiger partial charge in [0.15, 0.2) is 5.67 Å². The zero-order chi connectivity index (χ0) is 23.3. The molecule has 0 spiro atoms. The van der Waals surface area contributed by atoms with E-state index in [1.165, 1.54) is 11.8 Å². The van der Waals surface area contributed by atoms with Gasteiger partial charge < -0.3 is 16.0 Å². The molecule has 1 fully saturated rings. The third-order valence-corrected chi connectivity index (χ3v) is 6.39. The van der Waals surface area contributed by atoms with Crippen LogP contribution in [-0.4, -0.2) is 41.3 Å². The van der Waals surface area contributed by atoms with Gasteiger partial charge in [0.1, 0.15) is 5.82 Å². The molecule has 3 heterocycles. The van der Waals surface area contributed by atoms with Gasteiger partial charge in [-0.3, -0.25) is 9.59 Å². The van der Waals surface area contributed by atoms with Crippen molar-refractivity contribution in [3.05, 3.63) is 71.2 Å². The Bertz CT molecular complexity index is 1280. The number of amides is 2. The second-order valence-electron chi connectivity index (χ2n) is 8.56. The number of alkyl halides is 1. The van der Waals surface area contributed by atoms with Crippen LogP contribution in [0.3, 0.4) is 0 Å². The molecule has 2 aliphatic heterocycles. The van der Waals surface area contributed by atoms with Crippen LogP contribution in [0, 0.1) is 5.95 Å². The van der Waals surface area contributed by atoms with Crippen molar-refractivity contribution >= 4 is 17.6 Å². The van der Waals surface area contributed by atoms with Gasteiger partial charge in [0.25, 0.3) is 5.91 Å². The summed E-state index contributed by atoms with van der Waals surface area (Å²) in [6.45, 7) is 2.00. The highest BCUT2D eigenvalue weighted by Crippen LogP contribution is 2.38. The van der Waals surface area contributed by atoms with E-state index in [1.54, 1.807) is 42.5 Å². The number of anilines is 1. The third-order valence-electron chi connectivity index (χ3n) is 6.39. The van der Waals surface area contributed by atoms with Gasteiger partial charge in [-0.2, -0.15) is 4.39 Å². The minimum Gasteiger partial charge on any atom is -0.383 e. The SMILES string of the molecule is CC(=O)N1CC(F)(c2ccc(-c3cc(-c4ccc5c(c4)CCNC5=O)c(N)nc3F)cc2)C1. The first kappa shape index (κ1) is 21.1. The zero-order valence-electron chi connectivity index (χ0n) is 18.0. The number of pyridine rings is 1. The molecular weight excluding hydrogens is 426 g/mol. The van der Waals surface area contributed by atoms with E-state index >= 15 is 4.39 Å². The fourth-order valence-corrected chi connectivity index (χ4v) is 4.45. The summed E-state index contributed by atoms with van der Waals surface area (Å²) in [7, 11) is 0. The summed E-state index contributed by atoms with van der Waals surface area (Å²) in [5, 5.41) is 2.81. The summed E-state index contributed by atoms with van der Waals surface area (Å²) in [5.41, 5.74) is 8.49. The Morgan fingerprint density at radius 3 is 2.45 bits per heavy atom. The van der Waals surface area contributed by atoms with Gasteiger partial charge in [0.2, 0.25) is 11.9 Å². The lowest BCUT2D eigenvalue weighted by Gasteiger charge is -2.44. The molecule has 2 aromatic carbocycles. The smallest absolute Gasteiger partial charge is 0.251 e. The van der Waals surface area contributed by atoms with Crippen LogP contribution in [0.5, 0.6) is 0 Å². The van der Waals surface area contributed by atoms with Crippen molar-refractivity contribution in [1.82, 2.24) is 15.2 Å². The lowest BCUT2D eigenvalue weighted by molar-refractivity contribution is -0.143. The molecular formula is C25H22F2N4O2. The third kappa shape index (κ3) is 3.61. The lowest BCUT2D eigenvalue weighted by Crippen LogP contribution is -2.58. The maximum atomic E-state index is 15.0. The van der Waals surface area contributed by atoms with Gasteiger partial charge in [-0.1, -0.05) is 36.4 Å². The number of nitrogen functional groups attached to an aromatic ring is 1. The molecule has 1 aromatic heterocycles. The van der Waals surface area contributed by atoms with Crippen molar-refractivity contribution in [3.63, 3.8) is 0 Å². The van der Waals surface area contributed by atoms with Crippen LogP contribution in [0.25, 0.3) is 22.3 Å². The van der Waals surface area contributed by atoms with E-state index in [2.05, 4.69) is 10.3 Å². The molecule has 6 nitrogen and oxygen atoms in total. The Morgan fingerprint density at radius 1 is 1.06 bits per heavy atom. The number of likely N-dealkylation sites (tertiary alicyclic amines) is 1. The second-order valence-corrected chi connectivity index (χ2v) is 8.56. The Balaban J connectivity index is 1.47. The Morgan fingerprint density at radius 2 is 1.76 bits per heavy atom. The van der Waals surface area contributed by atoms with Crippen molar-refractivity contribution < 1.29 is 18.4 Å². The maximum absolute atomic E-state index is 15.0. The molecule has 2 amide bonds. The highest BCUT2D eigenvalue weighted by molar-refractivity contribution is 5.97. The van der Waals surface area contributed by atoms with Crippen LogP contribution in [0.15, 0.2) is 48.5 Å². The largest absolute Gasteiger partial charge is 0.383 e. The van der Waals surface area contributed by atoms with Gasteiger partial charge in [0, 0.05) is 30.2 Å². The number of carbonyl (C=O) groups excluding carboxylic acids is 2. The van der Waals surface area contributed by atoms with Gasteiger partial charge >= 0.3 is 0 Å². The standard InChI is InChI=1S/C25H22F2N4O2/c1-14(32)31-12-25(27,13-31)18-5-2-15(3-6-18)20-11-21(23(28)30-22(20)26)16-4-7-19-17(10-16)8-9-29-24(19)33/h2-7,10-11H,8-9,12-13H2,1H3,(H2,28,30)(H,29,33). The van der Waals surface area contributed by atoms with Gasteiger partial charge in [-0.15, -0.1) is 0 Å². The molecule has 0 saturated carbocycles. The number of aromatic nitrogens is 1. The molecule has 0 unspecified atom stereocenters. The number of halogens is 2. The van der Waals surface area contributed by atoms with Gasteiger partial charge in [0.05, 0.1) is 13.1 Å². The Kier molecular flexibility index (Phi) is 4.88. The summed E-state index contributed by atoms with van der Waals surface area (Å²) in [6, 6.07) is 13.5. The monoisotopic (exact) mass is 448 g/mol. The number of carbonyl (C=O) groups is 2. The maximum Gasteiger partial charge on any atom is 0.251 e. The van der Waals surface area contributed by atoms with Crippen LogP contribution < -0.4 is 11.1 Å². The highest BCUT2D eigenvalue weighted by Gasteiger charge is 2.46. The zero-order valence-corrected chi connectivity index (χ0v) is 18.0. The van der Waals surface area contributed by atoms with Crippen LogP contribution in [0.2, 0.25) is 0 Å². The first-order valence-electron chi connectivity index (χ1n) is 10.7. The summed E-state index contributed by atoms with van der Waals surface area (Å²) >= 11 is 0. The van der Waals surface area contributed by atoms with Crippen LogP contribution in [0.1, 0.15) is 28.4 Å². The molecule has 3 aromatic rings. The number of benzene rings is 2. The molecule has 8 heteroatoms. The molecule has 0 radical (unpaired) electrons. The lowest BCUT2D eigenvalue weighted by atomic mass is 9.87. The number of nitrogens with two attached hydrogens (primary N) is 1. The number of rotatable bonds is 3. The summed E-state index contributed by atoms with van der Waals surface area (Å²) < 4.78 is 29.8. The van der Waals surface area contributed by atoms with Crippen LogP contribution in [0.4, 0.5) is 14.6 Å². The fraction of sp³-hybridized carbons (Fsp3) is 0.240. The first-order chi connectivity index (χ1) is 15.7. The quantitative estimate of drug-likeness (QED) is 0.601. The molecule has 1 saturated heterocycles. The molecule has 0 bridgehead atoms. The fourth-order valence-electron chi connectivity index (χ4n) is 4.45. The van der Waals surface area contributed by atoms with Crippen molar-refractivity contribution in [2.45, 2.75) is 19.0 Å².